The van der Waals surface area contributed by atoms with Gasteiger partial charge in [-0.2, -0.15) is 10.2 Å². The van der Waals surface area contributed by atoms with Gasteiger partial charge >= 0.3 is 0 Å². The molecule has 1 N–H and O–H groups in total. The zero-order valence-electron chi connectivity index (χ0n) is 23.2. The molecule has 0 bridgehead atoms. The molecule has 9 nitrogen and oxygen atoms in total. The van der Waals surface area contributed by atoms with Gasteiger partial charge in [-0.05, 0) is 45.9 Å². The molecular weight excluding hydrogens is 392 g/mol. The quantitative estimate of drug-likeness (QED) is 0.509. The van der Waals surface area contributed by atoms with Crippen molar-refractivity contribution in [3.8, 4) is 17.0 Å². The van der Waals surface area contributed by atoms with Crippen LogP contribution in [0, 0.1) is 13.8 Å². The van der Waals surface area contributed by atoms with Crippen LogP contribution in [0.25, 0.3) is 16.8 Å². The minimum atomic E-state index is -2.54. The minimum Gasteiger partial charge on any atom is -0.488 e. The Morgan fingerprint density at radius 2 is 2.13 bits per heavy atom. The summed E-state index contributed by atoms with van der Waals surface area (Å²) in [6.45, 7) is -0.463. The lowest BCUT2D eigenvalue weighted by atomic mass is 10.1. The number of hydrogen-bond donors (Lipinski definition) is 1. The molecule has 5 rings (SSSR count). The molecule has 9 heteroatoms. The molecule has 0 aromatic carbocycles. The molecular formula is C22H26N8O. The van der Waals surface area contributed by atoms with Gasteiger partial charge in [-0.15, -0.1) is 0 Å². The molecule has 4 aromatic rings. The van der Waals surface area contributed by atoms with Crippen LogP contribution in [0.3, 0.4) is 0 Å². The van der Waals surface area contributed by atoms with Gasteiger partial charge in [0.05, 0.1) is 11.7 Å². The molecule has 0 aliphatic carbocycles. The molecule has 160 valence electrons. The van der Waals surface area contributed by atoms with E-state index >= 15 is 0 Å². The summed E-state index contributed by atoms with van der Waals surface area (Å²) in [5.41, 5.74) is 2.38. The summed E-state index contributed by atoms with van der Waals surface area (Å²) in [7, 11) is 0. The highest BCUT2D eigenvalue weighted by atomic mass is 16.5. The van der Waals surface area contributed by atoms with Gasteiger partial charge < -0.3 is 10.1 Å². The molecule has 1 atom stereocenters. The summed E-state index contributed by atoms with van der Waals surface area (Å²) in [5, 5.41) is 11.8. The zero-order chi connectivity index (χ0) is 26.5. The Balaban J connectivity index is 1.44. The summed E-state index contributed by atoms with van der Waals surface area (Å²) in [6, 6.07) is 6.87. The van der Waals surface area contributed by atoms with Gasteiger partial charge in [0.1, 0.15) is 23.9 Å². The second-order valence-corrected chi connectivity index (χ2v) is 7.60. The second-order valence-electron chi connectivity index (χ2n) is 7.60. The van der Waals surface area contributed by atoms with Crippen molar-refractivity contribution in [2.24, 2.45) is 6.98 Å². The largest absolute Gasteiger partial charge is 0.488 e. The Morgan fingerprint density at radius 1 is 1.19 bits per heavy atom. The third-order valence-electron chi connectivity index (χ3n) is 5.27. The fraction of sp³-hybridized carbons (Fsp3) is 0.364. The van der Waals surface area contributed by atoms with Gasteiger partial charge in [-0.25, -0.2) is 14.5 Å². The van der Waals surface area contributed by atoms with Crippen molar-refractivity contribution in [1.82, 2.24) is 34.3 Å². The number of anilines is 2. The van der Waals surface area contributed by atoms with Crippen molar-refractivity contribution in [1.29, 1.82) is 0 Å². The number of ether oxygens (including phenoxy) is 1. The number of aryl methyl sites for hydroxylation is 3. The molecule has 0 saturated carbocycles. The highest BCUT2D eigenvalue weighted by Gasteiger charge is 2.25. The maximum absolute atomic E-state index is 7.94. The molecule has 0 spiro atoms. The number of likely N-dealkylation sites (tertiary alicyclic amines) is 1. The zero-order valence-corrected chi connectivity index (χ0v) is 17.2. The van der Waals surface area contributed by atoms with Crippen LogP contribution in [0.1, 0.15) is 26.2 Å². The summed E-state index contributed by atoms with van der Waals surface area (Å²) in [5.74, 6) is 2.09. The monoisotopic (exact) mass is 424 g/mol. The molecule has 1 aliphatic rings. The van der Waals surface area contributed by atoms with Crippen molar-refractivity contribution in [2.75, 3.05) is 25.4 Å². The molecule has 31 heavy (non-hydrogen) atoms. The average Bonchev–Trinajstić information content (AvgIpc) is 3.33. The number of pyridine rings is 1. The first-order chi connectivity index (χ1) is 17.4. The Morgan fingerprint density at radius 3 is 2.90 bits per heavy atom. The van der Waals surface area contributed by atoms with Crippen LogP contribution in [-0.2, 0) is 6.98 Å². The van der Waals surface area contributed by atoms with E-state index in [1.807, 2.05) is 26.0 Å². The van der Waals surface area contributed by atoms with Crippen LogP contribution in [0.2, 0.25) is 0 Å². The van der Waals surface area contributed by atoms with Gasteiger partial charge in [-0.1, -0.05) is 0 Å². The van der Waals surface area contributed by atoms with Crippen molar-refractivity contribution >= 4 is 17.2 Å². The maximum atomic E-state index is 7.94. The molecule has 1 aliphatic heterocycles. The molecule has 0 amide bonds. The highest BCUT2D eigenvalue weighted by molar-refractivity contribution is 5.72. The summed E-state index contributed by atoms with van der Waals surface area (Å²) >= 11 is 0. The number of aromatic nitrogens is 6. The van der Waals surface area contributed by atoms with E-state index < -0.39 is 14.0 Å². The topological polar surface area (TPSA) is 85.4 Å². The van der Waals surface area contributed by atoms with Crippen LogP contribution in [0.15, 0.2) is 36.7 Å². The fourth-order valence-electron chi connectivity index (χ4n) is 3.62. The van der Waals surface area contributed by atoms with Gasteiger partial charge in [-0.3, -0.25) is 9.58 Å². The van der Waals surface area contributed by atoms with Crippen molar-refractivity contribution in [2.45, 2.75) is 26.3 Å². The number of rotatable bonds is 6. The number of fused-ring (bicyclic) bond motifs is 1. The molecule has 4 aromatic heterocycles. The molecule has 0 radical (unpaired) electrons. The Bertz CT molecular complexity index is 1420. The first kappa shape index (κ1) is 13.8. The van der Waals surface area contributed by atoms with Crippen molar-refractivity contribution in [3.63, 3.8) is 0 Å². The summed E-state index contributed by atoms with van der Waals surface area (Å²) < 4.78 is 55.2. The van der Waals surface area contributed by atoms with Gasteiger partial charge in [0.15, 0.2) is 11.6 Å². The van der Waals surface area contributed by atoms with E-state index in [0.29, 0.717) is 41.5 Å². The molecule has 1 unspecified atom stereocenters. The predicted octanol–water partition coefficient (Wildman–Crippen LogP) is 2.97. The van der Waals surface area contributed by atoms with Crippen LogP contribution >= 0.6 is 0 Å². The van der Waals surface area contributed by atoms with E-state index in [9.17, 15) is 0 Å². The lowest BCUT2D eigenvalue weighted by Crippen LogP contribution is -2.48. The normalized spacial score (nSPS) is 20.1. The van der Waals surface area contributed by atoms with Crippen LogP contribution in [-0.4, -0.2) is 60.4 Å². The number of hydrogen-bond acceptors (Lipinski definition) is 7. The first-order valence-corrected chi connectivity index (χ1v) is 9.96. The maximum Gasteiger partial charge on any atom is 0.165 e. The van der Waals surface area contributed by atoms with Gasteiger partial charge in [0.25, 0.3) is 0 Å². The lowest BCUT2D eigenvalue weighted by Gasteiger charge is -2.37. The lowest BCUT2D eigenvalue weighted by molar-refractivity contribution is 0.0771. The fourth-order valence-corrected chi connectivity index (χ4v) is 3.62. The SMILES string of the molecule is [2H]C([2H])([2H])N1CCC1COc1cnn(C([2H])([2H])[2H])c1-c1ccn2nc(Nc3cc(C)nc(C)n3)cc2c1. The minimum absolute atomic E-state index is 0.110. The third-order valence-corrected chi connectivity index (χ3v) is 5.27. The van der Waals surface area contributed by atoms with E-state index in [0.717, 1.165) is 10.4 Å². The molecule has 1 fully saturated rings. The summed E-state index contributed by atoms with van der Waals surface area (Å²) in [6.07, 6.45) is 3.76. The van der Waals surface area contributed by atoms with Gasteiger partial charge in [0, 0.05) is 50.8 Å². The molecule has 1 saturated heterocycles. The standard InChI is InChI=1S/C22H26N8O/c1-14-9-20(25-15(2)24-14)26-21-11-18-10-16(5-8-30(18)27-21)22-19(12-23-29(22)4)31-13-17-6-7-28(17)3/h5,8-12,17H,6-7,13H2,1-4H3,(H,24,25,26,27)/i3D3,4D3. The van der Waals surface area contributed by atoms with Crippen LogP contribution < -0.4 is 10.1 Å². The second kappa shape index (κ2) is 7.66. The third kappa shape index (κ3) is 3.84. The number of likely N-dealkylation sites (N-methyl/N-ethyl adjacent to an activating group) is 1. The first-order valence-electron chi connectivity index (χ1n) is 13.0. The van der Waals surface area contributed by atoms with E-state index in [4.69, 9.17) is 13.0 Å². The highest BCUT2D eigenvalue weighted by Crippen LogP contribution is 2.31. The van der Waals surface area contributed by atoms with E-state index in [1.54, 1.807) is 22.8 Å². The van der Waals surface area contributed by atoms with E-state index in [2.05, 4.69) is 25.5 Å². The van der Waals surface area contributed by atoms with E-state index in [1.165, 1.54) is 11.1 Å². The molecule has 5 heterocycles. The smallest absolute Gasteiger partial charge is 0.165 e. The van der Waals surface area contributed by atoms with Gasteiger partial charge in [0.2, 0.25) is 0 Å². The van der Waals surface area contributed by atoms with Crippen molar-refractivity contribution in [3.05, 3.63) is 48.2 Å². The van der Waals surface area contributed by atoms with Crippen LogP contribution in [0.4, 0.5) is 11.6 Å². The predicted molar refractivity (Wildman–Crippen MR) is 119 cm³/mol. The Hall–Kier alpha value is -3.46. The number of nitrogens with zero attached hydrogens (tertiary/aromatic N) is 7. The van der Waals surface area contributed by atoms with Crippen LogP contribution in [0.5, 0.6) is 5.75 Å². The van der Waals surface area contributed by atoms with E-state index in [-0.39, 0.29) is 24.1 Å². The summed E-state index contributed by atoms with van der Waals surface area (Å²) in [4.78, 5) is 10.0. The van der Waals surface area contributed by atoms with Crippen molar-refractivity contribution < 1.29 is 13.0 Å². The Labute approximate surface area is 189 Å². The Kier molecular flexibility index (Phi) is 3.40. The number of nitrogens with one attached hydrogen (secondary N) is 1. The average molecular weight is 425 g/mol.